The molecule has 1 saturated carbocycles. The summed E-state index contributed by atoms with van der Waals surface area (Å²) in [5.74, 6) is -1.23. The van der Waals surface area contributed by atoms with Crippen LogP contribution in [0, 0.1) is 0 Å². The standard InChI is InChI=1S/C14H18BrNO2/c15-11-5-3-4-10(8-11)13(14(17)18)9-16-12-6-1-2-7-12/h3-5,8,12-13,16H,1-2,6-7,9H2,(H,17,18). The number of halogens is 1. The Morgan fingerprint density at radius 2 is 2.17 bits per heavy atom. The molecule has 98 valence electrons. The minimum Gasteiger partial charge on any atom is -0.481 e. The summed E-state index contributed by atoms with van der Waals surface area (Å²) < 4.78 is 0.923. The summed E-state index contributed by atoms with van der Waals surface area (Å²) in [4.78, 5) is 11.4. The molecular weight excluding hydrogens is 294 g/mol. The second kappa shape index (κ2) is 6.34. The lowest BCUT2D eigenvalue weighted by atomic mass is 9.99. The molecule has 2 N–H and O–H groups in total. The molecule has 1 unspecified atom stereocenters. The number of benzene rings is 1. The van der Waals surface area contributed by atoms with Crippen molar-refractivity contribution in [2.24, 2.45) is 0 Å². The van der Waals surface area contributed by atoms with Crippen molar-refractivity contribution in [1.82, 2.24) is 5.32 Å². The second-order valence-electron chi connectivity index (χ2n) is 4.84. The normalized spacial score (nSPS) is 17.8. The molecule has 18 heavy (non-hydrogen) atoms. The van der Waals surface area contributed by atoms with E-state index in [-0.39, 0.29) is 0 Å². The maximum absolute atomic E-state index is 11.4. The number of rotatable bonds is 5. The van der Waals surface area contributed by atoms with Crippen molar-refractivity contribution >= 4 is 21.9 Å². The first-order valence-electron chi connectivity index (χ1n) is 6.38. The molecule has 0 heterocycles. The molecular formula is C14H18BrNO2. The zero-order valence-corrected chi connectivity index (χ0v) is 11.8. The minimum atomic E-state index is -0.765. The Morgan fingerprint density at radius 1 is 1.44 bits per heavy atom. The fourth-order valence-corrected chi connectivity index (χ4v) is 2.90. The van der Waals surface area contributed by atoms with E-state index in [2.05, 4.69) is 21.2 Å². The van der Waals surface area contributed by atoms with Gasteiger partial charge in [0.25, 0.3) is 0 Å². The first kappa shape index (κ1) is 13.6. The van der Waals surface area contributed by atoms with E-state index in [9.17, 15) is 9.90 Å². The minimum absolute atomic E-state index is 0.469. The number of nitrogens with one attached hydrogen (secondary N) is 1. The molecule has 4 heteroatoms. The highest BCUT2D eigenvalue weighted by Gasteiger charge is 2.22. The number of aliphatic carboxylic acids is 1. The monoisotopic (exact) mass is 311 g/mol. The fourth-order valence-electron chi connectivity index (χ4n) is 2.49. The summed E-state index contributed by atoms with van der Waals surface area (Å²) >= 11 is 3.38. The molecule has 0 aliphatic heterocycles. The van der Waals surface area contributed by atoms with Gasteiger partial charge in [-0.25, -0.2) is 0 Å². The Hall–Kier alpha value is -0.870. The van der Waals surface area contributed by atoms with Gasteiger partial charge in [-0.2, -0.15) is 0 Å². The zero-order valence-electron chi connectivity index (χ0n) is 10.2. The lowest BCUT2D eigenvalue weighted by molar-refractivity contribution is -0.138. The highest BCUT2D eigenvalue weighted by molar-refractivity contribution is 9.10. The van der Waals surface area contributed by atoms with Crippen LogP contribution in [0.15, 0.2) is 28.7 Å². The maximum Gasteiger partial charge on any atom is 0.312 e. The summed E-state index contributed by atoms with van der Waals surface area (Å²) in [7, 11) is 0. The summed E-state index contributed by atoms with van der Waals surface area (Å²) in [6.07, 6.45) is 4.86. The Kier molecular flexibility index (Phi) is 4.78. The fraction of sp³-hybridized carbons (Fsp3) is 0.500. The molecule has 1 atom stereocenters. The topological polar surface area (TPSA) is 49.3 Å². The van der Waals surface area contributed by atoms with Crippen LogP contribution in [0.1, 0.15) is 37.2 Å². The molecule has 0 bridgehead atoms. The molecule has 0 radical (unpaired) electrons. The van der Waals surface area contributed by atoms with Crippen molar-refractivity contribution in [2.75, 3.05) is 6.54 Å². The maximum atomic E-state index is 11.4. The van der Waals surface area contributed by atoms with E-state index >= 15 is 0 Å². The number of hydrogen-bond acceptors (Lipinski definition) is 2. The molecule has 1 fully saturated rings. The van der Waals surface area contributed by atoms with Gasteiger partial charge in [-0.3, -0.25) is 4.79 Å². The Balaban J connectivity index is 2.01. The van der Waals surface area contributed by atoms with Gasteiger partial charge in [-0.1, -0.05) is 40.9 Å². The van der Waals surface area contributed by atoms with Crippen LogP contribution in [-0.2, 0) is 4.79 Å². The van der Waals surface area contributed by atoms with Gasteiger partial charge in [0, 0.05) is 17.1 Å². The van der Waals surface area contributed by atoms with Crippen LogP contribution in [0.3, 0.4) is 0 Å². The van der Waals surface area contributed by atoms with Crippen molar-refractivity contribution in [2.45, 2.75) is 37.6 Å². The average Bonchev–Trinajstić information content (AvgIpc) is 2.82. The zero-order chi connectivity index (χ0) is 13.0. The molecule has 2 rings (SSSR count). The summed E-state index contributed by atoms with van der Waals surface area (Å²) in [6, 6.07) is 8.05. The van der Waals surface area contributed by atoms with Gasteiger partial charge in [0.2, 0.25) is 0 Å². The molecule has 0 amide bonds. The predicted molar refractivity (Wildman–Crippen MR) is 74.8 cm³/mol. The molecule has 3 nitrogen and oxygen atoms in total. The van der Waals surface area contributed by atoms with E-state index in [4.69, 9.17) is 0 Å². The van der Waals surface area contributed by atoms with Gasteiger partial charge < -0.3 is 10.4 Å². The van der Waals surface area contributed by atoms with E-state index in [0.29, 0.717) is 12.6 Å². The van der Waals surface area contributed by atoms with E-state index < -0.39 is 11.9 Å². The van der Waals surface area contributed by atoms with Gasteiger partial charge in [-0.05, 0) is 30.5 Å². The third-order valence-electron chi connectivity index (χ3n) is 3.51. The van der Waals surface area contributed by atoms with Crippen LogP contribution in [-0.4, -0.2) is 23.7 Å². The SMILES string of the molecule is O=C(O)C(CNC1CCCC1)c1cccc(Br)c1. The summed E-state index contributed by atoms with van der Waals surface area (Å²) in [5.41, 5.74) is 0.849. The van der Waals surface area contributed by atoms with E-state index in [1.165, 1.54) is 25.7 Å². The molecule has 1 aliphatic rings. The van der Waals surface area contributed by atoms with Gasteiger partial charge in [0.05, 0.1) is 5.92 Å². The smallest absolute Gasteiger partial charge is 0.312 e. The Labute approximate surface area is 116 Å². The van der Waals surface area contributed by atoms with Crippen molar-refractivity contribution in [3.05, 3.63) is 34.3 Å². The van der Waals surface area contributed by atoms with Gasteiger partial charge in [0.1, 0.15) is 0 Å². The van der Waals surface area contributed by atoms with Crippen LogP contribution in [0.4, 0.5) is 0 Å². The van der Waals surface area contributed by atoms with Crippen LogP contribution in [0.5, 0.6) is 0 Å². The van der Waals surface area contributed by atoms with Crippen molar-refractivity contribution in [1.29, 1.82) is 0 Å². The summed E-state index contributed by atoms with van der Waals surface area (Å²) in [6.45, 7) is 0.510. The van der Waals surface area contributed by atoms with Crippen molar-refractivity contribution < 1.29 is 9.90 Å². The van der Waals surface area contributed by atoms with Crippen LogP contribution < -0.4 is 5.32 Å². The van der Waals surface area contributed by atoms with Gasteiger partial charge >= 0.3 is 5.97 Å². The van der Waals surface area contributed by atoms with E-state index in [1.807, 2.05) is 24.3 Å². The van der Waals surface area contributed by atoms with Crippen molar-refractivity contribution in [3.63, 3.8) is 0 Å². The third kappa shape index (κ3) is 3.56. The summed E-state index contributed by atoms with van der Waals surface area (Å²) in [5, 5.41) is 12.7. The van der Waals surface area contributed by atoms with Crippen molar-refractivity contribution in [3.8, 4) is 0 Å². The number of carboxylic acids is 1. The second-order valence-corrected chi connectivity index (χ2v) is 5.75. The van der Waals surface area contributed by atoms with Gasteiger partial charge in [-0.15, -0.1) is 0 Å². The first-order valence-corrected chi connectivity index (χ1v) is 7.18. The first-order chi connectivity index (χ1) is 8.66. The molecule has 1 aliphatic carbocycles. The molecule has 1 aromatic rings. The van der Waals surface area contributed by atoms with Gasteiger partial charge in [0.15, 0.2) is 0 Å². The third-order valence-corrected chi connectivity index (χ3v) is 4.01. The number of carbonyl (C=O) groups is 1. The average molecular weight is 312 g/mol. The molecule has 0 saturated heterocycles. The van der Waals surface area contributed by atoms with E-state index in [0.717, 1.165) is 10.0 Å². The molecule has 1 aromatic carbocycles. The Morgan fingerprint density at radius 3 is 2.78 bits per heavy atom. The Bertz CT molecular complexity index is 416. The predicted octanol–water partition coefficient (Wildman–Crippen LogP) is 3.15. The lowest BCUT2D eigenvalue weighted by Crippen LogP contribution is -2.33. The quantitative estimate of drug-likeness (QED) is 0.878. The van der Waals surface area contributed by atoms with Crippen LogP contribution in [0.25, 0.3) is 0 Å². The largest absolute Gasteiger partial charge is 0.481 e. The highest BCUT2D eigenvalue weighted by atomic mass is 79.9. The lowest BCUT2D eigenvalue weighted by Gasteiger charge is -2.17. The van der Waals surface area contributed by atoms with E-state index in [1.54, 1.807) is 0 Å². The highest BCUT2D eigenvalue weighted by Crippen LogP contribution is 2.22. The molecule has 0 aromatic heterocycles. The number of carboxylic acid groups (broad SMARTS) is 1. The van der Waals surface area contributed by atoms with Crippen LogP contribution >= 0.6 is 15.9 Å². The number of hydrogen-bond donors (Lipinski definition) is 2. The van der Waals surface area contributed by atoms with Crippen LogP contribution in [0.2, 0.25) is 0 Å². The molecule has 0 spiro atoms.